The highest BCUT2D eigenvalue weighted by atomic mass is 35.5. The molecule has 0 saturated carbocycles. The molecule has 36 heavy (non-hydrogen) atoms. The number of ether oxygens (including phenoxy) is 1. The van der Waals surface area contributed by atoms with Gasteiger partial charge in [-0.05, 0) is 66.4 Å². The van der Waals surface area contributed by atoms with Gasteiger partial charge in [-0.25, -0.2) is 4.79 Å². The summed E-state index contributed by atoms with van der Waals surface area (Å²) >= 11 is 10.9. The number of rotatable bonds is 5. The number of carbonyl (C=O) groups is 2. The summed E-state index contributed by atoms with van der Waals surface area (Å²) in [7, 11) is 0. The first kappa shape index (κ1) is 29.2. The maximum atomic E-state index is 13.0. The molecule has 1 aromatic rings. The van der Waals surface area contributed by atoms with Crippen molar-refractivity contribution >= 4 is 46.6 Å². The zero-order chi connectivity index (χ0) is 27.0. The van der Waals surface area contributed by atoms with Gasteiger partial charge in [0.25, 0.3) is 0 Å². The molecule has 11 heteroatoms. The van der Waals surface area contributed by atoms with Crippen molar-refractivity contribution in [1.29, 1.82) is 0 Å². The van der Waals surface area contributed by atoms with Crippen LogP contribution in [0.1, 0.15) is 66.0 Å². The molecule has 202 valence electrons. The summed E-state index contributed by atoms with van der Waals surface area (Å²) in [5.41, 5.74) is -0.0309. The van der Waals surface area contributed by atoms with Crippen LogP contribution in [0.4, 0.5) is 4.79 Å². The molecule has 2 atom stereocenters. The summed E-state index contributed by atoms with van der Waals surface area (Å²) in [5.74, 6) is -0.185. The number of hydrogen-bond acceptors (Lipinski definition) is 6. The van der Waals surface area contributed by atoms with E-state index in [0.29, 0.717) is 49.6 Å². The van der Waals surface area contributed by atoms with Gasteiger partial charge in [0.1, 0.15) is 16.1 Å². The molecule has 8 nitrogen and oxygen atoms in total. The second-order valence-electron chi connectivity index (χ2n) is 11.5. The molecule has 0 bridgehead atoms. The number of amides is 2. The molecule has 2 amide bonds. The van der Waals surface area contributed by atoms with Gasteiger partial charge in [0, 0.05) is 49.2 Å². The lowest BCUT2D eigenvalue weighted by molar-refractivity contribution is -0.142. The Bertz CT molecular complexity index is 968. The van der Waals surface area contributed by atoms with Gasteiger partial charge in [-0.1, -0.05) is 23.2 Å². The molecule has 2 heterocycles. The molecule has 2 fully saturated rings. The van der Waals surface area contributed by atoms with Crippen molar-refractivity contribution in [3.63, 3.8) is 0 Å². The summed E-state index contributed by atoms with van der Waals surface area (Å²) in [6.07, 6.45) is 0.923. The third kappa shape index (κ3) is 7.13. The number of aromatic hydroxyl groups is 1. The predicted molar refractivity (Wildman–Crippen MR) is 142 cm³/mol. The first-order chi connectivity index (χ1) is 16.6. The van der Waals surface area contributed by atoms with E-state index in [9.17, 15) is 19.2 Å². The Morgan fingerprint density at radius 1 is 1.08 bits per heavy atom. The van der Waals surface area contributed by atoms with E-state index in [1.807, 2.05) is 46.4 Å². The number of nitrogens with one attached hydrogen (secondary N) is 1. The molecule has 2 unspecified atom stereocenters. The molecule has 3 rings (SSSR count). The Hall–Kier alpha value is -1.39. The Labute approximate surface area is 226 Å². The van der Waals surface area contributed by atoms with Gasteiger partial charge in [-0.2, -0.15) is 0 Å². The zero-order valence-corrected chi connectivity index (χ0v) is 24.1. The van der Waals surface area contributed by atoms with Crippen LogP contribution in [-0.4, -0.2) is 68.0 Å². The normalized spacial score (nSPS) is 19.6. The number of phenols is 1. The maximum absolute atomic E-state index is 13.0. The standard InChI is InChI=1S/C25H37Cl2N3O5S/c1-24(2,3)35-23(33)30-13-16(14-30)22(32)29-9-7-15(8-10-29)21(28-36(34)25(4,5)6)17-11-18(26)19(27)12-20(17)31/h11-12,15-16,21,28,31H,7-10,13-14H2,1-6H3. The van der Waals surface area contributed by atoms with Crippen molar-refractivity contribution < 1.29 is 24.0 Å². The van der Waals surface area contributed by atoms with Gasteiger partial charge >= 0.3 is 6.09 Å². The highest BCUT2D eigenvalue weighted by molar-refractivity contribution is 7.90. The summed E-state index contributed by atoms with van der Waals surface area (Å²) < 4.78 is 21.1. The van der Waals surface area contributed by atoms with E-state index in [1.54, 1.807) is 11.0 Å². The fraction of sp³-hybridized carbons (Fsp3) is 0.680. The summed E-state index contributed by atoms with van der Waals surface area (Å²) in [4.78, 5) is 28.6. The van der Waals surface area contributed by atoms with Gasteiger partial charge in [-0.3, -0.25) is 4.79 Å². The molecule has 1 aromatic carbocycles. The van der Waals surface area contributed by atoms with Crippen molar-refractivity contribution in [2.24, 2.45) is 11.8 Å². The van der Waals surface area contributed by atoms with Crippen LogP contribution in [0.3, 0.4) is 0 Å². The average molecular weight is 563 g/mol. The highest BCUT2D eigenvalue weighted by Gasteiger charge is 2.42. The summed E-state index contributed by atoms with van der Waals surface area (Å²) in [6, 6.07) is 2.59. The van der Waals surface area contributed by atoms with Gasteiger partial charge in [0.15, 0.2) is 0 Å². The lowest BCUT2D eigenvalue weighted by Crippen LogP contribution is -2.58. The van der Waals surface area contributed by atoms with E-state index < -0.39 is 33.8 Å². The number of benzene rings is 1. The molecule has 0 aromatic heterocycles. The van der Waals surface area contributed by atoms with Crippen LogP contribution >= 0.6 is 23.2 Å². The third-order valence-corrected chi connectivity index (χ3v) is 8.70. The molecule has 2 aliphatic heterocycles. The second-order valence-corrected chi connectivity index (χ2v) is 14.4. The van der Waals surface area contributed by atoms with Crippen LogP contribution in [0.5, 0.6) is 5.75 Å². The van der Waals surface area contributed by atoms with Crippen molar-refractivity contribution in [2.75, 3.05) is 26.2 Å². The summed E-state index contributed by atoms with van der Waals surface area (Å²) in [6.45, 7) is 12.9. The largest absolute Gasteiger partial charge is 0.598 e. The highest BCUT2D eigenvalue weighted by Crippen LogP contribution is 2.40. The van der Waals surface area contributed by atoms with Crippen molar-refractivity contribution in [2.45, 2.75) is 70.8 Å². The van der Waals surface area contributed by atoms with Crippen LogP contribution in [-0.2, 0) is 20.9 Å². The molecular weight excluding hydrogens is 525 g/mol. The number of phenolic OH excluding ortho intramolecular Hbond substituents is 1. The number of piperidine rings is 1. The zero-order valence-electron chi connectivity index (χ0n) is 21.8. The molecular formula is C25H37Cl2N3O5S. The van der Waals surface area contributed by atoms with Crippen LogP contribution in [0.15, 0.2) is 12.1 Å². The van der Waals surface area contributed by atoms with Crippen molar-refractivity contribution in [3.05, 3.63) is 27.7 Å². The minimum atomic E-state index is -1.39. The fourth-order valence-corrected chi connectivity index (χ4v) is 5.56. The average Bonchev–Trinajstić information content (AvgIpc) is 2.71. The monoisotopic (exact) mass is 561 g/mol. The van der Waals surface area contributed by atoms with Crippen LogP contribution in [0.25, 0.3) is 0 Å². The Balaban J connectivity index is 1.64. The van der Waals surface area contributed by atoms with Gasteiger partial charge in [-0.15, -0.1) is 4.72 Å². The molecule has 2 N–H and O–H groups in total. The topological polar surface area (TPSA) is 105 Å². The second kappa shape index (κ2) is 11.2. The Morgan fingerprint density at radius 2 is 1.64 bits per heavy atom. The molecule has 0 aliphatic carbocycles. The number of hydrogen-bond donors (Lipinski definition) is 2. The van der Waals surface area contributed by atoms with Crippen LogP contribution in [0.2, 0.25) is 10.0 Å². The number of halogens is 2. The number of nitrogens with zero attached hydrogens (tertiary/aromatic N) is 2. The Morgan fingerprint density at radius 3 is 2.17 bits per heavy atom. The molecule has 0 spiro atoms. The van der Waals surface area contributed by atoms with E-state index in [2.05, 4.69) is 4.72 Å². The first-order valence-corrected chi connectivity index (χ1v) is 14.1. The predicted octanol–water partition coefficient (Wildman–Crippen LogP) is 4.90. The van der Waals surface area contributed by atoms with E-state index in [-0.39, 0.29) is 28.5 Å². The third-order valence-electron chi connectivity index (χ3n) is 6.40. The van der Waals surface area contributed by atoms with E-state index in [1.165, 1.54) is 6.07 Å². The summed E-state index contributed by atoms with van der Waals surface area (Å²) in [5, 5.41) is 11.2. The molecule has 0 radical (unpaired) electrons. The van der Waals surface area contributed by atoms with Crippen LogP contribution < -0.4 is 4.72 Å². The fourth-order valence-electron chi connectivity index (χ4n) is 4.33. The van der Waals surface area contributed by atoms with Crippen LogP contribution in [0, 0.1) is 11.8 Å². The lowest BCUT2D eigenvalue weighted by Gasteiger charge is -2.43. The molecule has 2 saturated heterocycles. The van der Waals surface area contributed by atoms with Gasteiger partial charge in [0.2, 0.25) is 5.91 Å². The van der Waals surface area contributed by atoms with Crippen molar-refractivity contribution in [1.82, 2.24) is 14.5 Å². The maximum Gasteiger partial charge on any atom is 0.410 e. The van der Waals surface area contributed by atoms with E-state index in [4.69, 9.17) is 27.9 Å². The number of likely N-dealkylation sites (tertiary alicyclic amines) is 2. The SMILES string of the molecule is CC(C)(C)OC(=O)N1CC(C(=O)N2CCC(C(N[S+]([O-])C(C)(C)C)c3cc(Cl)c(Cl)cc3O)CC2)C1. The van der Waals surface area contributed by atoms with E-state index >= 15 is 0 Å². The smallest absolute Gasteiger partial charge is 0.410 e. The first-order valence-electron chi connectivity index (χ1n) is 12.2. The lowest BCUT2D eigenvalue weighted by atomic mass is 9.85. The van der Waals surface area contributed by atoms with Crippen molar-refractivity contribution in [3.8, 4) is 5.75 Å². The van der Waals surface area contributed by atoms with E-state index in [0.717, 1.165) is 0 Å². The number of carbonyl (C=O) groups excluding carboxylic acids is 2. The minimum Gasteiger partial charge on any atom is -0.598 e. The quantitative estimate of drug-likeness (QED) is 0.495. The molecule has 2 aliphatic rings. The minimum absolute atomic E-state index is 0.0111. The van der Waals surface area contributed by atoms with Gasteiger partial charge in [0.05, 0.1) is 22.0 Å². The van der Waals surface area contributed by atoms with Gasteiger partial charge < -0.3 is 24.2 Å². The Kier molecular flexibility index (Phi) is 9.04.